The number of nitrogens with one attached hydrogen (secondary N) is 3. The number of methoxy groups -OCH3 is 1. The molecule has 23 nitrogen and oxygen atoms in total. The van der Waals surface area contributed by atoms with E-state index in [1.54, 1.807) is 96.1 Å². The van der Waals surface area contributed by atoms with Crippen molar-refractivity contribution in [1.82, 2.24) is 53.8 Å². The number of benzene rings is 2. The molecular weight excluding hydrogens is 953 g/mol. The van der Waals surface area contributed by atoms with E-state index in [4.69, 9.17) is 24.9 Å². The van der Waals surface area contributed by atoms with Gasteiger partial charge in [-0.15, -0.1) is 0 Å². The highest BCUT2D eigenvalue weighted by atomic mass is 16.6. The van der Waals surface area contributed by atoms with Crippen molar-refractivity contribution in [2.24, 2.45) is 5.73 Å². The van der Waals surface area contributed by atoms with E-state index in [1.165, 1.54) is 25.1 Å². The topological polar surface area (TPSA) is 270 Å². The highest BCUT2D eigenvalue weighted by molar-refractivity contribution is 6.04. The van der Waals surface area contributed by atoms with Crippen molar-refractivity contribution >= 4 is 70.5 Å². The first-order chi connectivity index (χ1) is 35.3. The second kappa shape index (κ2) is 25.7. The number of allylic oxidation sites excluding steroid dienone is 2. The Hall–Kier alpha value is -8.50. The lowest BCUT2D eigenvalue weighted by atomic mass is 10.1. The van der Waals surface area contributed by atoms with Crippen LogP contribution in [-0.4, -0.2) is 145 Å². The van der Waals surface area contributed by atoms with E-state index in [2.05, 4.69) is 31.1 Å². The number of amides is 5. The Morgan fingerprint density at radius 3 is 1.93 bits per heavy atom. The van der Waals surface area contributed by atoms with Crippen molar-refractivity contribution in [2.45, 2.75) is 87.2 Å². The van der Waals surface area contributed by atoms with Gasteiger partial charge in [-0.1, -0.05) is 18.2 Å². The minimum absolute atomic E-state index is 0.105. The molecule has 6 aromatic rings. The molecule has 0 spiro atoms. The molecule has 5 N–H and O–H groups in total. The molecule has 0 aliphatic rings. The van der Waals surface area contributed by atoms with Crippen molar-refractivity contribution < 1.29 is 43.0 Å². The number of fused-ring (bicyclic) bond motifs is 2. The van der Waals surface area contributed by atoms with E-state index in [9.17, 15) is 28.8 Å². The molecule has 0 bridgehead atoms. The molecule has 23 heteroatoms. The zero-order chi connectivity index (χ0) is 54.3. The SMILES string of the molecule is CCN(CCN(C=O)C/C=C/COc1cc(C(=O)NC)cc2nc(NC)n(C/C=C/Cn3c(NC(=O)c4cc(C)nn4CC)nc4cc(C(N)=O)cc(OC)c43)c12)C(=O)OC(C)(C)C.CCn1nc(C)cc1C=O. The Kier molecular flexibility index (Phi) is 19.6. The number of aldehydes is 1. The number of carbonyl (C=O) groups excluding carboxylic acids is 6. The van der Waals surface area contributed by atoms with Crippen LogP contribution < -0.4 is 31.2 Å². The molecule has 5 amide bonds. The maximum absolute atomic E-state index is 13.6. The van der Waals surface area contributed by atoms with Crippen LogP contribution >= 0.6 is 0 Å². The number of hydrogen-bond acceptors (Lipinski definition) is 14. The van der Waals surface area contributed by atoms with E-state index >= 15 is 0 Å². The Morgan fingerprint density at radius 2 is 1.36 bits per heavy atom. The molecule has 2 aromatic carbocycles. The van der Waals surface area contributed by atoms with Crippen LogP contribution in [0.5, 0.6) is 11.5 Å². The maximum Gasteiger partial charge on any atom is 0.410 e. The lowest BCUT2D eigenvalue weighted by Gasteiger charge is -2.27. The van der Waals surface area contributed by atoms with Gasteiger partial charge in [0.15, 0.2) is 6.29 Å². The summed E-state index contributed by atoms with van der Waals surface area (Å²) in [5, 5.41) is 17.2. The Morgan fingerprint density at radius 1 is 0.757 bits per heavy atom. The highest BCUT2D eigenvalue weighted by Gasteiger charge is 2.24. The van der Waals surface area contributed by atoms with Crippen LogP contribution in [0.4, 0.5) is 16.7 Å². The summed E-state index contributed by atoms with van der Waals surface area (Å²) in [4.78, 5) is 85.9. The summed E-state index contributed by atoms with van der Waals surface area (Å²) < 4.78 is 24.4. The third-order valence-electron chi connectivity index (χ3n) is 11.3. The molecule has 0 aliphatic carbocycles. The fraction of sp³-hybridized carbons (Fsp3) is 0.412. The zero-order valence-electron chi connectivity index (χ0n) is 44.0. The van der Waals surface area contributed by atoms with Crippen molar-refractivity contribution in [1.29, 1.82) is 0 Å². The van der Waals surface area contributed by atoms with Gasteiger partial charge >= 0.3 is 6.09 Å². The van der Waals surface area contributed by atoms with Crippen LogP contribution in [0.25, 0.3) is 22.1 Å². The number of nitrogens with zero attached hydrogens (tertiary/aromatic N) is 10. The maximum atomic E-state index is 13.6. The van der Waals surface area contributed by atoms with Gasteiger partial charge in [0.05, 0.1) is 29.5 Å². The molecular formula is C51H68N14O9. The first kappa shape index (κ1) is 56.4. The van der Waals surface area contributed by atoms with E-state index in [1.807, 2.05) is 44.4 Å². The van der Waals surface area contributed by atoms with E-state index < -0.39 is 23.5 Å². The van der Waals surface area contributed by atoms with E-state index in [0.29, 0.717) is 94.9 Å². The van der Waals surface area contributed by atoms with Crippen molar-refractivity contribution in [3.8, 4) is 11.5 Å². The van der Waals surface area contributed by atoms with Crippen molar-refractivity contribution in [3.63, 3.8) is 0 Å². The van der Waals surface area contributed by atoms with Crippen LogP contribution in [0, 0.1) is 13.8 Å². The minimum Gasteiger partial charge on any atom is -0.494 e. The summed E-state index contributed by atoms with van der Waals surface area (Å²) in [6.07, 6.45) is 8.46. The molecule has 6 rings (SSSR count). The third-order valence-corrected chi connectivity index (χ3v) is 11.3. The van der Waals surface area contributed by atoms with Crippen LogP contribution in [0.2, 0.25) is 0 Å². The fourth-order valence-electron chi connectivity index (χ4n) is 7.75. The number of carbonyl (C=O) groups is 6. The van der Waals surface area contributed by atoms with Crippen LogP contribution in [0.15, 0.2) is 60.7 Å². The molecule has 0 radical (unpaired) electrons. The van der Waals surface area contributed by atoms with Crippen LogP contribution in [0.3, 0.4) is 0 Å². The summed E-state index contributed by atoms with van der Waals surface area (Å²) in [5.41, 5.74) is 10.2. The fourth-order valence-corrected chi connectivity index (χ4v) is 7.75. The number of aryl methyl sites for hydroxylation is 4. The average molecular weight is 1020 g/mol. The quantitative estimate of drug-likeness (QED) is 0.0450. The average Bonchev–Trinajstić information content (AvgIpc) is 4.15. The number of aromatic nitrogens is 8. The third kappa shape index (κ3) is 14.1. The molecule has 0 saturated carbocycles. The standard InChI is InChI=1S/C44H58N12O8.C7H10N2O/c1-10-53(43(61)64-44(4,5)6)20-19-52(27-57)16-14-15-21-63-35-26-30(39(59)46-7)24-32-37(35)54(41(47-8)48-32)17-12-13-18-55-36-31(23-29(38(45)58)25-34(36)62-9)49-42(55)50-40(60)33-22-28(3)51-56(33)11-2;1-3-9-7(5-10)4-6(2)8-9/h12-15,22-27H,10-11,16-21H2,1-9H3,(H2,45,58)(H,46,59)(H,47,48)(H,49,50,60);4-5H,3H2,1-2H3/b13-12+,15-14+;. The van der Waals surface area contributed by atoms with Gasteiger partial charge < -0.3 is 49.5 Å². The molecule has 0 unspecified atom stereocenters. The predicted octanol–water partition coefficient (Wildman–Crippen LogP) is 5.60. The molecule has 0 aliphatic heterocycles. The second-order valence-electron chi connectivity index (χ2n) is 17.7. The van der Waals surface area contributed by atoms with Gasteiger partial charge in [0.1, 0.15) is 46.1 Å². The molecule has 74 heavy (non-hydrogen) atoms. The van der Waals surface area contributed by atoms with Gasteiger partial charge in [-0.25, -0.2) is 14.8 Å². The Bertz CT molecular complexity index is 3030. The van der Waals surface area contributed by atoms with Gasteiger partial charge in [0, 0.05) is 77.6 Å². The number of likely N-dealkylation sites (N-methyl/N-ethyl adjacent to an activating group) is 1. The first-order valence-corrected chi connectivity index (χ1v) is 24.1. The summed E-state index contributed by atoms with van der Waals surface area (Å²) in [5.74, 6) is 0.0536. The van der Waals surface area contributed by atoms with Gasteiger partial charge in [-0.2, -0.15) is 10.2 Å². The number of anilines is 2. The smallest absolute Gasteiger partial charge is 0.410 e. The Balaban J connectivity index is 0.000000904. The zero-order valence-corrected chi connectivity index (χ0v) is 44.0. The number of ether oxygens (including phenoxy) is 3. The van der Waals surface area contributed by atoms with E-state index in [-0.39, 0.29) is 37.1 Å². The Labute approximate surface area is 429 Å². The van der Waals surface area contributed by atoms with Gasteiger partial charge in [0.25, 0.3) is 11.8 Å². The second-order valence-corrected chi connectivity index (χ2v) is 17.7. The van der Waals surface area contributed by atoms with Gasteiger partial charge in [-0.3, -0.25) is 38.7 Å². The summed E-state index contributed by atoms with van der Waals surface area (Å²) in [7, 11) is 4.75. The molecule has 4 aromatic heterocycles. The molecule has 0 saturated heterocycles. The molecule has 4 heterocycles. The number of nitrogens with two attached hydrogens (primary N) is 1. The summed E-state index contributed by atoms with van der Waals surface area (Å²) in [6, 6.07) is 9.87. The first-order valence-electron chi connectivity index (χ1n) is 24.1. The van der Waals surface area contributed by atoms with Gasteiger partial charge in [-0.05, 0) is 97.9 Å². The van der Waals surface area contributed by atoms with Gasteiger partial charge in [0.2, 0.25) is 24.2 Å². The minimum atomic E-state index is -0.658. The molecule has 0 atom stereocenters. The molecule has 396 valence electrons. The lowest BCUT2D eigenvalue weighted by Crippen LogP contribution is -2.41. The monoisotopic (exact) mass is 1020 g/mol. The van der Waals surface area contributed by atoms with Crippen molar-refractivity contribution in [2.75, 3.05) is 64.6 Å². The normalized spacial score (nSPS) is 11.4. The lowest BCUT2D eigenvalue weighted by molar-refractivity contribution is -0.117. The van der Waals surface area contributed by atoms with Crippen LogP contribution in [-0.2, 0) is 35.7 Å². The predicted molar refractivity (Wildman–Crippen MR) is 281 cm³/mol. The van der Waals surface area contributed by atoms with Crippen LogP contribution in [0.1, 0.15) is 94.6 Å². The highest BCUT2D eigenvalue weighted by Crippen LogP contribution is 2.33. The number of rotatable bonds is 23. The summed E-state index contributed by atoms with van der Waals surface area (Å²) >= 11 is 0. The number of imidazole rings is 2. The van der Waals surface area contributed by atoms with Crippen molar-refractivity contribution in [3.05, 3.63) is 94.6 Å². The summed E-state index contributed by atoms with van der Waals surface area (Å²) in [6.45, 7) is 18.0. The number of primary amides is 1. The van der Waals surface area contributed by atoms with E-state index in [0.717, 1.165) is 24.9 Å². The molecule has 0 fully saturated rings. The number of hydrogen-bond donors (Lipinski definition) is 4. The largest absolute Gasteiger partial charge is 0.494 e.